The van der Waals surface area contributed by atoms with Crippen molar-refractivity contribution in [2.75, 3.05) is 7.11 Å². The summed E-state index contributed by atoms with van der Waals surface area (Å²) >= 11 is 11.8. The highest BCUT2D eigenvalue weighted by molar-refractivity contribution is 6.42. The number of hydrazine groups is 1. The van der Waals surface area contributed by atoms with Gasteiger partial charge in [0.05, 0.1) is 22.2 Å². The molecule has 0 amide bonds. The Morgan fingerprint density at radius 1 is 1.35 bits per heavy atom. The Bertz CT molecular complexity index is 356. The monoisotopic (exact) mass is 276 g/mol. The molecule has 0 aliphatic heterocycles. The quantitative estimate of drug-likeness (QED) is 0.621. The first kappa shape index (κ1) is 14.7. The van der Waals surface area contributed by atoms with E-state index in [-0.39, 0.29) is 12.1 Å². The van der Waals surface area contributed by atoms with Crippen molar-refractivity contribution < 1.29 is 4.74 Å². The lowest BCUT2D eigenvalue weighted by molar-refractivity contribution is 0.0653. The highest BCUT2D eigenvalue weighted by Crippen LogP contribution is 2.23. The van der Waals surface area contributed by atoms with E-state index < -0.39 is 0 Å². The van der Waals surface area contributed by atoms with Crippen LogP contribution < -0.4 is 11.3 Å². The molecule has 1 rings (SSSR count). The molecule has 2 unspecified atom stereocenters. The Balaban J connectivity index is 2.76. The Labute approximate surface area is 112 Å². The van der Waals surface area contributed by atoms with Crippen molar-refractivity contribution in [2.24, 2.45) is 5.84 Å². The molecule has 0 spiro atoms. The van der Waals surface area contributed by atoms with E-state index in [0.29, 0.717) is 10.0 Å². The molecular formula is C12H18Cl2N2O. The summed E-state index contributed by atoms with van der Waals surface area (Å²) in [6.45, 7) is 2.06. The van der Waals surface area contributed by atoms with Gasteiger partial charge >= 0.3 is 0 Å². The molecule has 0 aliphatic carbocycles. The van der Waals surface area contributed by atoms with Gasteiger partial charge in [0.15, 0.2) is 0 Å². The molecule has 2 atom stereocenters. The van der Waals surface area contributed by atoms with Crippen molar-refractivity contribution in [1.82, 2.24) is 5.43 Å². The standard InChI is InChI=1S/C12H18Cl2N2O/c1-3-12(17-2)11(16-15)7-8-4-5-9(13)10(14)6-8/h4-6,11-12,16H,3,7,15H2,1-2H3. The van der Waals surface area contributed by atoms with Crippen LogP contribution in [0.4, 0.5) is 0 Å². The predicted molar refractivity (Wildman–Crippen MR) is 72.4 cm³/mol. The van der Waals surface area contributed by atoms with E-state index in [4.69, 9.17) is 33.8 Å². The molecule has 0 bridgehead atoms. The second-order valence-corrected chi connectivity index (χ2v) is 4.72. The lowest BCUT2D eigenvalue weighted by Gasteiger charge is -2.24. The molecule has 96 valence electrons. The zero-order valence-electron chi connectivity index (χ0n) is 10.0. The molecule has 1 aromatic carbocycles. The number of hydrogen-bond acceptors (Lipinski definition) is 3. The van der Waals surface area contributed by atoms with Crippen LogP contribution in [-0.2, 0) is 11.2 Å². The maximum atomic E-state index is 5.97. The predicted octanol–water partition coefficient (Wildman–Crippen LogP) is 2.79. The van der Waals surface area contributed by atoms with Gasteiger partial charge in [-0.25, -0.2) is 0 Å². The summed E-state index contributed by atoms with van der Waals surface area (Å²) in [6.07, 6.45) is 1.72. The molecule has 5 heteroatoms. The summed E-state index contributed by atoms with van der Waals surface area (Å²) < 4.78 is 5.38. The van der Waals surface area contributed by atoms with Crippen LogP contribution in [0.3, 0.4) is 0 Å². The molecule has 3 nitrogen and oxygen atoms in total. The van der Waals surface area contributed by atoms with Gasteiger partial charge in [-0.15, -0.1) is 0 Å². The van der Waals surface area contributed by atoms with Gasteiger partial charge < -0.3 is 4.74 Å². The van der Waals surface area contributed by atoms with Gasteiger partial charge in [0.2, 0.25) is 0 Å². The Morgan fingerprint density at radius 2 is 2.06 bits per heavy atom. The van der Waals surface area contributed by atoms with Gasteiger partial charge in [-0.2, -0.15) is 0 Å². The van der Waals surface area contributed by atoms with Crippen molar-refractivity contribution in [3.05, 3.63) is 33.8 Å². The first-order valence-electron chi connectivity index (χ1n) is 5.55. The number of ether oxygens (including phenoxy) is 1. The van der Waals surface area contributed by atoms with Crippen molar-refractivity contribution >= 4 is 23.2 Å². The Kier molecular flexibility index (Phi) is 6.23. The van der Waals surface area contributed by atoms with Gasteiger partial charge in [-0.1, -0.05) is 36.2 Å². The van der Waals surface area contributed by atoms with Gasteiger partial charge in [0.25, 0.3) is 0 Å². The molecule has 0 saturated carbocycles. The van der Waals surface area contributed by atoms with Crippen LogP contribution in [-0.4, -0.2) is 19.3 Å². The zero-order valence-corrected chi connectivity index (χ0v) is 11.6. The zero-order chi connectivity index (χ0) is 12.8. The Hall–Kier alpha value is -0.320. The molecule has 0 heterocycles. The molecule has 17 heavy (non-hydrogen) atoms. The fraction of sp³-hybridized carbons (Fsp3) is 0.500. The van der Waals surface area contributed by atoms with Crippen LogP contribution in [0.1, 0.15) is 18.9 Å². The maximum absolute atomic E-state index is 5.97. The van der Waals surface area contributed by atoms with Crippen LogP contribution in [0.2, 0.25) is 10.0 Å². The van der Waals surface area contributed by atoms with Gasteiger partial charge in [0.1, 0.15) is 0 Å². The molecule has 0 aromatic heterocycles. The van der Waals surface area contributed by atoms with Crippen molar-refractivity contribution in [3.8, 4) is 0 Å². The number of rotatable bonds is 6. The van der Waals surface area contributed by atoms with Crippen LogP contribution in [0.15, 0.2) is 18.2 Å². The van der Waals surface area contributed by atoms with Crippen LogP contribution in [0.5, 0.6) is 0 Å². The fourth-order valence-corrected chi connectivity index (χ4v) is 2.15. The van der Waals surface area contributed by atoms with Gasteiger partial charge in [0, 0.05) is 7.11 Å². The smallest absolute Gasteiger partial charge is 0.0738 e. The summed E-state index contributed by atoms with van der Waals surface area (Å²) in [7, 11) is 1.69. The molecule has 0 fully saturated rings. The van der Waals surface area contributed by atoms with Crippen LogP contribution in [0, 0.1) is 0 Å². The second kappa shape index (κ2) is 7.19. The number of nitrogens with one attached hydrogen (secondary N) is 1. The largest absolute Gasteiger partial charge is 0.380 e. The molecule has 3 N–H and O–H groups in total. The number of nitrogens with two attached hydrogens (primary N) is 1. The number of hydrogen-bond donors (Lipinski definition) is 2. The average molecular weight is 277 g/mol. The normalized spacial score (nSPS) is 14.6. The highest BCUT2D eigenvalue weighted by Gasteiger charge is 2.18. The summed E-state index contributed by atoms with van der Waals surface area (Å²) in [5.74, 6) is 5.55. The number of halogens is 2. The minimum atomic E-state index is 0.0576. The first-order chi connectivity index (χ1) is 8.12. The SMILES string of the molecule is CCC(OC)C(Cc1ccc(Cl)c(Cl)c1)NN. The molecule has 1 aromatic rings. The van der Waals surface area contributed by atoms with E-state index in [1.807, 2.05) is 12.1 Å². The van der Waals surface area contributed by atoms with E-state index in [1.165, 1.54) is 0 Å². The van der Waals surface area contributed by atoms with Crippen molar-refractivity contribution in [1.29, 1.82) is 0 Å². The third-order valence-corrected chi connectivity index (χ3v) is 3.55. The number of benzene rings is 1. The van der Waals surface area contributed by atoms with Gasteiger partial charge in [-0.05, 0) is 30.5 Å². The van der Waals surface area contributed by atoms with E-state index in [9.17, 15) is 0 Å². The molecular weight excluding hydrogens is 259 g/mol. The van der Waals surface area contributed by atoms with Crippen LogP contribution in [0.25, 0.3) is 0 Å². The molecule has 0 aliphatic rings. The first-order valence-corrected chi connectivity index (χ1v) is 6.30. The lowest BCUT2D eigenvalue weighted by atomic mass is 10.0. The molecule has 0 saturated heterocycles. The van der Waals surface area contributed by atoms with Crippen molar-refractivity contribution in [3.63, 3.8) is 0 Å². The Morgan fingerprint density at radius 3 is 2.53 bits per heavy atom. The topological polar surface area (TPSA) is 47.3 Å². The summed E-state index contributed by atoms with van der Waals surface area (Å²) in [6, 6.07) is 5.65. The lowest BCUT2D eigenvalue weighted by Crippen LogP contribution is -2.46. The molecule has 0 radical (unpaired) electrons. The summed E-state index contributed by atoms with van der Waals surface area (Å²) in [5, 5.41) is 1.12. The minimum absolute atomic E-state index is 0.0576. The van der Waals surface area contributed by atoms with E-state index >= 15 is 0 Å². The maximum Gasteiger partial charge on any atom is 0.0738 e. The second-order valence-electron chi connectivity index (χ2n) is 3.91. The minimum Gasteiger partial charge on any atom is -0.380 e. The van der Waals surface area contributed by atoms with Crippen molar-refractivity contribution in [2.45, 2.75) is 31.9 Å². The summed E-state index contributed by atoms with van der Waals surface area (Å²) in [5.41, 5.74) is 3.87. The van der Waals surface area contributed by atoms with Crippen LogP contribution >= 0.6 is 23.2 Å². The third-order valence-electron chi connectivity index (χ3n) is 2.81. The highest BCUT2D eigenvalue weighted by atomic mass is 35.5. The fourth-order valence-electron chi connectivity index (χ4n) is 1.83. The average Bonchev–Trinajstić information content (AvgIpc) is 2.33. The summed E-state index contributed by atoms with van der Waals surface area (Å²) in [4.78, 5) is 0. The van der Waals surface area contributed by atoms with E-state index in [1.54, 1.807) is 13.2 Å². The number of methoxy groups -OCH3 is 1. The van der Waals surface area contributed by atoms with E-state index in [2.05, 4.69) is 12.3 Å². The van der Waals surface area contributed by atoms with E-state index in [0.717, 1.165) is 18.4 Å². The third kappa shape index (κ3) is 4.12. The van der Waals surface area contributed by atoms with Gasteiger partial charge in [-0.3, -0.25) is 11.3 Å².